The zero-order chi connectivity index (χ0) is 22.1. The molecule has 0 radical (unpaired) electrons. The summed E-state index contributed by atoms with van der Waals surface area (Å²) < 4.78 is 53.7. The highest BCUT2D eigenvalue weighted by Crippen LogP contribution is 2.34. The number of hydrogen-bond acceptors (Lipinski definition) is 6. The summed E-state index contributed by atoms with van der Waals surface area (Å²) in [6.45, 7) is 1.76. The number of rotatable bonds is 6. The van der Waals surface area contributed by atoms with Gasteiger partial charge < -0.3 is 0 Å². The van der Waals surface area contributed by atoms with Crippen LogP contribution in [0.4, 0.5) is 11.4 Å². The molecule has 3 rings (SSSR count). The van der Waals surface area contributed by atoms with Crippen molar-refractivity contribution in [1.82, 2.24) is 0 Å². The topological polar surface area (TPSA) is 115 Å². The normalized spacial score (nSPS) is 11.8. The molecule has 0 aliphatic carbocycles. The zero-order valence-corrected chi connectivity index (χ0v) is 17.9. The van der Waals surface area contributed by atoms with Gasteiger partial charge in [0, 0.05) is 6.07 Å². The molecule has 3 aromatic rings. The van der Waals surface area contributed by atoms with E-state index in [1.807, 2.05) is 0 Å². The Balaban J connectivity index is 2.27. The molecule has 0 atom stereocenters. The third-order valence-electron chi connectivity index (χ3n) is 4.13. The summed E-state index contributed by atoms with van der Waals surface area (Å²) >= 11 is 5.77. The zero-order valence-electron chi connectivity index (χ0n) is 15.5. The Morgan fingerprint density at radius 3 is 1.93 bits per heavy atom. The highest BCUT2D eigenvalue weighted by atomic mass is 35.5. The molecule has 0 spiro atoms. The number of aryl methyl sites for hydroxylation is 1. The first-order valence-electron chi connectivity index (χ1n) is 8.41. The molecule has 0 bridgehead atoms. The smallest absolute Gasteiger partial charge is 0.258 e. The monoisotopic (exact) mass is 466 g/mol. The summed E-state index contributed by atoms with van der Waals surface area (Å²) in [5, 5.41) is 10.9. The molecule has 0 saturated heterocycles. The lowest BCUT2D eigenvalue weighted by molar-refractivity contribution is -0.384. The van der Waals surface area contributed by atoms with Gasteiger partial charge in [0.15, 0.2) is 0 Å². The molecule has 0 N–H and O–H groups in total. The summed E-state index contributed by atoms with van der Waals surface area (Å²) in [4.78, 5) is 9.51. The van der Waals surface area contributed by atoms with Crippen molar-refractivity contribution in [3.8, 4) is 0 Å². The largest absolute Gasteiger partial charge is 0.289 e. The number of halogens is 1. The average molecular weight is 467 g/mol. The summed E-state index contributed by atoms with van der Waals surface area (Å²) in [7, 11) is -9.34. The maximum atomic E-state index is 13.4. The molecule has 0 heterocycles. The van der Waals surface area contributed by atoms with Crippen molar-refractivity contribution in [2.45, 2.75) is 16.7 Å². The van der Waals surface area contributed by atoms with Crippen molar-refractivity contribution < 1.29 is 21.8 Å². The predicted molar refractivity (Wildman–Crippen MR) is 113 cm³/mol. The Morgan fingerprint density at radius 1 is 0.833 bits per heavy atom. The van der Waals surface area contributed by atoms with Crippen molar-refractivity contribution in [3.63, 3.8) is 0 Å². The Hall–Kier alpha value is -2.95. The second-order valence-electron chi connectivity index (χ2n) is 6.23. The van der Waals surface area contributed by atoms with Gasteiger partial charge in [-0.15, -0.1) is 0 Å². The van der Waals surface area contributed by atoms with Gasteiger partial charge in [-0.05, 0) is 43.3 Å². The molecule has 8 nitrogen and oxygen atoms in total. The summed E-state index contributed by atoms with van der Waals surface area (Å²) in [6, 6.07) is 15.6. The van der Waals surface area contributed by atoms with E-state index in [0.717, 1.165) is 23.8 Å². The van der Waals surface area contributed by atoms with E-state index >= 15 is 0 Å². The fourth-order valence-electron chi connectivity index (χ4n) is 2.65. The van der Waals surface area contributed by atoms with Crippen molar-refractivity contribution in [2.75, 3.05) is 3.71 Å². The molecule has 156 valence electrons. The minimum atomic E-state index is -4.76. The van der Waals surface area contributed by atoms with E-state index < -0.39 is 35.6 Å². The van der Waals surface area contributed by atoms with Crippen LogP contribution in [-0.4, -0.2) is 21.8 Å². The van der Waals surface area contributed by atoms with Crippen LogP contribution in [0, 0.1) is 17.0 Å². The Morgan fingerprint density at radius 2 is 1.37 bits per heavy atom. The highest BCUT2D eigenvalue weighted by molar-refractivity contribution is 8.10. The van der Waals surface area contributed by atoms with Crippen LogP contribution in [0.1, 0.15) is 5.56 Å². The van der Waals surface area contributed by atoms with E-state index in [4.69, 9.17) is 11.6 Å². The van der Waals surface area contributed by atoms with Crippen LogP contribution in [0.5, 0.6) is 0 Å². The molecule has 3 aromatic carbocycles. The first-order valence-corrected chi connectivity index (χ1v) is 11.7. The standard InChI is InChI=1S/C19H15ClN2O6S2/c1-14-7-9-16(10-8-14)29(25,26)22(15-5-3-2-4-6-15)30(27,28)17-11-12-18(20)19(13-17)21(23)24/h2-13H,1H3. The number of benzene rings is 3. The van der Waals surface area contributed by atoms with Gasteiger partial charge in [0.25, 0.3) is 25.7 Å². The van der Waals surface area contributed by atoms with Crippen LogP contribution in [0.2, 0.25) is 5.02 Å². The van der Waals surface area contributed by atoms with Crippen LogP contribution in [-0.2, 0) is 20.0 Å². The maximum absolute atomic E-state index is 13.4. The summed E-state index contributed by atoms with van der Waals surface area (Å²) in [6.07, 6.45) is 0. The fourth-order valence-corrected chi connectivity index (χ4v) is 6.55. The van der Waals surface area contributed by atoms with Gasteiger partial charge in [0.05, 0.1) is 20.4 Å². The number of sulfonamides is 2. The van der Waals surface area contributed by atoms with Crippen LogP contribution in [0.15, 0.2) is 82.6 Å². The van der Waals surface area contributed by atoms with Gasteiger partial charge in [-0.3, -0.25) is 10.1 Å². The van der Waals surface area contributed by atoms with Crippen molar-refractivity contribution in [1.29, 1.82) is 0 Å². The molecule has 0 saturated carbocycles. The Labute approximate surface area is 178 Å². The molecule has 0 aromatic heterocycles. The van der Waals surface area contributed by atoms with Crippen molar-refractivity contribution >= 4 is 43.0 Å². The van der Waals surface area contributed by atoms with E-state index in [0.29, 0.717) is 0 Å². The lowest BCUT2D eigenvalue weighted by Gasteiger charge is -2.24. The minimum Gasteiger partial charge on any atom is -0.258 e. The highest BCUT2D eigenvalue weighted by Gasteiger charge is 2.37. The second kappa shape index (κ2) is 8.05. The number of hydrogen-bond donors (Lipinski definition) is 0. The average Bonchev–Trinajstić information content (AvgIpc) is 2.68. The van der Waals surface area contributed by atoms with E-state index in [9.17, 15) is 26.9 Å². The number of nitro groups is 1. The molecule has 0 fully saturated rings. The number of para-hydroxylation sites is 1. The molecule has 0 aliphatic rings. The summed E-state index contributed by atoms with van der Waals surface area (Å²) in [5.74, 6) is 0. The molecular formula is C19H15ClN2O6S2. The first kappa shape index (κ1) is 21.8. The van der Waals surface area contributed by atoms with Crippen LogP contribution in [0.25, 0.3) is 0 Å². The molecule has 0 aliphatic heterocycles. The lowest BCUT2D eigenvalue weighted by Crippen LogP contribution is -2.37. The van der Waals surface area contributed by atoms with Crippen LogP contribution < -0.4 is 3.71 Å². The van der Waals surface area contributed by atoms with Crippen LogP contribution in [0.3, 0.4) is 0 Å². The van der Waals surface area contributed by atoms with Gasteiger partial charge in [-0.1, -0.05) is 47.5 Å². The Kier molecular flexibility index (Phi) is 5.84. The molecule has 0 amide bonds. The molecule has 11 heteroatoms. The third-order valence-corrected chi connectivity index (χ3v) is 8.64. The van der Waals surface area contributed by atoms with Crippen molar-refractivity contribution in [3.05, 3.63) is 93.5 Å². The van der Waals surface area contributed by atoms with Gasteiger partial charge in [0.1, 0.15) is 5.02 Å². The fraction of sp³-hybridized carbons (Fsp3) is 0.0526. The second-order valence-corrected chi connectivity index (χ2v) is 10.4. The maximum Gasteiger partial charge on any atom is 0.289 e. The van der Waals surface area contributed by atoms with Gasteiger partial charge in [-0.2, -0.15) is 3.71 Å². The van der Waals surface area contributed by atoms with E-state index in [2.05, 4.69) is 0 Å². The van der Waals surface area contributed by atoms with E-state index in [1.165, 1.54) is 48.5 Å². The Bertz CT molecular complexity index is 1310. The van der Waals surface area contributed by atoms with Gasteiger partial charge in [0.2, 0.25) is 0 Å². The quantitative estimate of drug-likeness (QED) is 0.398. The predicted octanol–water partition coefficient (Wildman–Crippen LogP) is 4.14. The van der Waals surface area contributed by atoms with Crippen LogP contribution >= 0.6 is 11.6 Å². The van der Waals surface area contributed by atoms with Gasteiger partial charge in [-0.25, -0.2) is 16.8 Å². The molecule has 30 heavy (non-hydrogen) atoms. The SMILES string of the molecule is Cc1ccc(S(=O)(=O)N(c2ccccc2)S(=O)(=O)c2ccc(Cl)c([N+](=O)[O-])c2)cc1. The number of nitrogens with zero attached hydrogens (tertiary/aromatic N) is 2. The van der Waals surface area contributed by atoms with E-state index in [1.54, 1.807) is 13.0 Å². The van der Waals surface area contributed by atoms with Crippen molar-refractivity contribution in [2.24, 2.45) is 0 Å². The van der Waals surface area contributed by atoms with E-state index in [-0.39, 0.29) is 19.3 Å². The summed E-state index contributed by atoms with van der Waals surface area (Å²) in [5.41, 5.74) is -0.00874. The molecular weight excluding hydrogens is 452 g/mol. The first-order chi connectivity index (χ1) is 14.0. The minimum absolute atomic E-state index is 0.143. The third kappa shape index (κ3) is 4.02. The lowest BCUT2D eigenvalue weighted by atomic mass is 10.2. The molecule has 0 unspecified atom stereocenters. The number of nitro benzene ring substituents is 1. The number of anilines is 1. The van der Waals surface area contributed by atoms with Gasteiger partial charge >= 0.3 is 0 Å².